The van der Waals surface area contributed by atoms with Crippen LogP contribution in [0, 0.1) is 0 Å². The highest BCUT2D eigenvalue weighted by molar-refractivity contribution is 5.53. The minimum absolute atomic E-state index is 0.262. The van der Waals surface area contributed by atoms with Gasteiger partial charge in [0.1, 0.15) is 0 Å². The molecule has 0 atom stereocenters. The standard InChI is InChI=1S/C20H19N3O3/c1-2-11-23(12-16-9-6-10-17-19(16)25-14-24-17)13-18-21-20(22-26-18)15-7-4-3-5-8-15/h2-10H,1,11-14H2. The predicted octanol–water partition coefficient (Wildman–Crippen LogP) is 3.65. The van der Waals surface area contributed by atoms with Crippen molar-refractivity contribution in [1.82, 2.24) is 15.0 Å². The summed E-state index contributed by atoms with van der Waals surface area (Å²) in [6.45, 7) is 5.99. The number of aromatic nitrogens is 2. The summed E-state index contributed by atoms with van der Waals surface area (Å²) in [5, 5.41) is 4.08. The van der Waals surface area contributed by atoms with E-state index >= 15 is 0 Å². The first-order chi connectivity index (χ1) is 12.8. The SMILES string of the molecule is C=CCN(Cc1nc(-c2ccccc2)no1)Cc1cccc2c1OCO2. The highest BCUT2D eigenvalue weighted by Gasteiger charge is 2.20. The summed E-state index contributed by atoms with van der Waals surface area (Å²) in [7, 11) is 0. The van der Waals surface area contributed by atoms with Crippen molar-refractivity contribution >= 4 is 0 Å². The predicted molar refractivity (Wildman–Crippen MR) is 96.6 cm³/mol. The number of fused-ring (bicyclic) bond motifs is 1. The summed E-state index contributed by atoms with van der Waals surface area (Å²) >= 11 is 0. The van der Waals surface area contributed by atoms with Crippen molar-refractivity contribution in [2.45, 2.75) is 13.1 Å². The van der Waals surface area contributed by atoms with Crippen molar-refractivity contribution in [1.29, 1.82) is 0 Å². The van der Waals surface area contributed by atoms with Gasteiger partial charge in [-0.3, -0.25) is 4.90 Å². The van der Waals surface area contributed by atoms with Crippen LogP contribution in [0.4, 0.5) is 0 Å². The Morgan fingerprint density at radius 2 is 1.92 bits per heavy atom. The van der Waals surface area contributed by atoms with Gasteiger partial charge in [-0.05, 0) is 6.07 Å². The van der Waals surface area contributed by atoms with Gasteiger partial charge in [-0.25, -0.2) is 0 Å². The Morgan fingerprint density at radius 1 is 1.04 bits per heavy atom. The summed E-state index contributed by atoms with van der Waals surface area (Å²) < 4.78 is 16.5. The quantitative estimate of drug-likeness (QED) is 0.607. The monoisotopic (exact) mass is 349 g/mol. The van der Waals surface area contributed by atoms with Crippen LogP contribution >= 0.6 is 0 Å². The van der Waals surface area contributed by atoms with Gasteiger partial charge in [-0.15, -0.1) is 6.58 Å². The van der Waals surface area contributed by atoms with Crippen molar-refractivity contribution in [3.05, 3.63) is 72.6 Å². The molecule has 2 heterocycles. The molecule has 0 bridgehead atoms. The molecule has 0 amide bonds. The topological polar surface area (TPSA) is 60.6 Å². The molecule has 132 valence electrons. The fourth-order valence-corrected chi connectivity index (χ4v) is 2.94. The van der Waals surface area contributed by atoms with E-state index in [1.165, 1.54) is 0 Å². The highest BCUT2D eigenvalue weighted by atomic mass is 16.7. The fraction of sp³-hybridized carbons (Fsp3) is 0.200. The third kappa shape index (κ3) is 3.45. The molecular formula is C20H19N3O3. The number of rotatable bonds is 7. The number of ether oxygens (including phenoxy) is 2. The van der Waals surface area contributed by atoms with Gasteiger partial charge in [0.05, 0.1) is 6.54 Å². The molecule has 6 heteroatoms. The van der Waals surface area contributed by atoms with E-state index in [9.17, 15) is 0 Å². The average molecular weight is 349 g/mol. The van der Waals surface area contributed by atoms with Crippen LogP contribution in [0.3, 0.4) is 0 Å². The van der Waals surface area contributed by atoms with E-state index in [0.29, 0.717) is 31.3 Å². The number of nitrogens with zero attached hydrogens (tertiary/aromatic N) is 3. The zero-order valence-electron chi connectivity index (χ0n) is 14.3. The molecule has 0 spiro atoms. The Balaban J connectivity index is 1.50. The van der Waals surface area contributed by atoms with E-state index in [-0.39, 0.29) is 6.79 Å². The van der Waals surface area contributed by atoms with Crippen LogP contribution in [0.1, 0.15) is 11.5 Å². The third-order valence-corrected chi connectivity index (χ3v) is 4.12. The summed E-state index contributed by atoms with van der Waals surface area (Å²) in [5.41, 5.74) is 1.99. The summed E-state index contributed by atoms with van der Waals surface area (Å²) in [6, 6.07) is 15.7. The maximum atomic E-state index is 5.59. The van der Waals surface area contributed by atoms with Gasteiger partial charge in [0, 0.05) is 24.2 Å². The lowest BCUT2D eigenvalue weighted by Gasteiger charge is -2.19. The third-order valence-electron chi connectivity index (χ3n) is 4.12. The number of para-hydroxylation sites is 1. The van der Waals surface area contributed by atoms with E-state index in [1.807, 2.05) is 54.6 Å². The molecule has 26 heavy (non-hydrogen) atoms. The lowest BCUT2D eigenvalue weighted by atomic mass is 10.1. The second-order valence-corrected chi connectivity index (χ2v) is 5.99. The van der Waals surface area contributed by atoms with Crippen LogP contribution in [-0.4, -0.2) is 28.4 Å². The molecule has 1 aliphatic heterocycles. The molecule has 0 N–H and O–H groups in total. The van der Waals surface area contributed by atoms with Crippen molar-refractivity contribution in [3.63, 3.8) is 0 Å². The summed E-state index contributed by atoms with van der Waals surface area (Å²) in [6.07, 6.45) is 1.86. The van der Waals surface area contributed by atoms with Crippen molar-refractivity contribution in [2.75, 3.05) is 13.3 Å². The zero-order valence-corrected chi connectivity index (χ0v) is 14.3. The van der Waals surface area contributed by atoms with Crippen LogP contribution in [0.25, 0.3) is 11.4 Å². The van der Waals surface area contributed by atoms with E-state index in [1.54, 1.807) is 0 Å². The minimum Gasteiger partial charge on any atom is -0.454 e. The molecule has 0 aliphatic carbocycles. The molecule has 3 aromatic rings. The van der Waals surface area contributed by atoms with Gasteiger partial charge in [0.2, 0.25) is 18.5 Å². The molecule has 0 radical (unpaired) electrons. The Kier molecular flexibility index (Phi) is 4.66. The van der Waals surface area contributed by atoms with Crippen LogP contribution in [0.5, 0.6) is 11.5 Å². The first-order valence-electron chi connectivity index (χ1n) is 8.42. The highest BCUT2D eigenvalue weighted by Crippen LogP contribution is 2.36. The number of hydrogen-bond acceptors (Lipinski definition) is 6. The lowest BCUT2D eigenvalue weighted by Crippen LogP contribution is -2.23. The molecule has 4 rings (SSSR count). The maximum absolute atomic E-state index is 5.59. The molecule has 0 saturated carbocycles. The van der Waals surface area contributed by atoms with Gasteiger partial charge < -0.3 is 14.0 Å². The Hall–Kier alpha value is -3.12. The minimum atomic E-state index is 0.262. The molecule has 0 unspecified atom stereocenters. The smallest absolute Gasteiger partial charge is 0.241 e. The van der Waals surface area contributed by atoms with Crippen molar-refractivity contribution in [2.24, 2.45) is 0 Å². The zero-order chi connectivity index (χ0) is 17.8. The maximum Gasteiger partial charge on any atom is 0.241 e. The summed E-state index contributed by atoms with van der Waals surface area (Å²) in [4.78, 5) is 6.67. The fourth-order valence-electron chi connectivity index (χ4n) is 2.94. The van der Waals surface area contributed by atoms with Gasteiger partial charge in [0.15, 0.2) is 11.5 Å². The largest absolute Gasteiger partial charge is 0.454 e. The Morgan fingerprint density at radius 3 is 2.77 bits per heavy atom. The second-order valence-electron chi connectivity index (χ2n) is 5.99. The van der Waals surface area contributed by atoms with E-state index in [4.69, 9.17) is 14.0 Å². The van der Waals surface area contributed by atoms with Crippen LogP contribution < -0.4 is 9.47 Å². The lowest BCUT2D eigenvalue weighted by molar-refractivity contribution is 0.171. The molecule has 1 aliphatic rings. The number of hydrogen-bond donors (Lipinski definition) is 0. The van der Waals surface area contributed by atoms with Crippen LogP contribution in [0.2, 0.25) is 0 Å². The first-order valence-corrected chi connectivity index (χ1v) is 8.42. The van der Waals surface area contributed by atoms with Crippen molar-refractivity contribution in [3.8, 4) is 22.9 Å². The first kappa shape index (κ1) is 16.4. The molecule has 0 fully saturated rings. The molecule has 1 aromatic heterocycles. The van der Waals surface area contributed by atoms with Gasteiger partial charge in [-0.2, -0.15) is 4.98 Å². The normalized spacial score (nSPS) is 12.5. The van der Waals surface area contributed by atoms with E-state index in [2.05, 4.69) is 21.6 Å². The van der Waals surface area contributed by atoms with E-state index < -0.39 is 0 Å². The van der Waals surface area contributed by atoms with Crippen LogP contribution in [-0.2, 0) is 13.1 Å². The molecular weight excluding hydrogens is 330 g/mol. The number of benzene rings is 2. The molecule has 2 aromatic carbocycles. The second kappa shape index (κ2) is 7.41. The Labute approximate surface area is 151 Å². The molecule has 6 nitrogen and oxygen atoms in total. The van der Waals surface area contributed by atoms with Gasteiger partial charge >= 0.3 is 0 Å². The van der Waals surface area contributed by atoms with Crippen LogP contribution in [0.15, 0.2) is 65.7 Å². The van der Waals surface area contributed by atoms with E-state index in [0.717, 1.165) is 22.6 Å². The van der Waals surface area contributed by atoms with Gasteiger partial charge in [0.25, 0.3) is 0 Å². The summed E-state index contributed by atoms with van der Waals surface area (Å²) in [5.74, 6) is 2.74. The molecule has 0 saturated heterocycles. The Bertz CT molecular complexity index is 892. The average Bonchev–Trinajstić information content (AvgIpc) is 3.32. The van der Waals surface area contributed by atoms with Gasteiger partial charge in [-0.1, -0.05) is 53.7 Å². The van der Waals surface area contributed by atoms with Crippen molar-refractivity contribution < 1.29 is 14.0 Å².